The second-order valence-corrected chi connectivity index (χ2v) is 17.9. The van der Waals surface area contributed by atoms with Crippen LogP contribution in [0.25, 0.3) is 11.0 Å². The molecule has 0 radical (unpaired) electrons. The molecule has 8 aliphatic heterocycles. The predicted molar refractivity (Wildman–Crippen MR) is 208 cm³/mol. The number of nitrogens with zero attached hydrogens (tertiary/aromatic N) is 3. The van der Waals surface area contributed by atoms with Gasteiger partial charge in [0.25, 0.3) is 0 Å². The monoisotopic (exact) mass is 806 g/mol. The van der Waals surface area contributed by atoms with Gasteiger partial charge in [0.05, 0.1) is 37.1 Å². The molecule has 58 heavy (non-hydrogen) atoms. The molecule has 0 aliphatic carbocycles. The summed E-state index contributed by atoms with van der Waals surface area (Å²) in [4.78, 5) is 32.6. The molecular formula is C43H42N4O10S. The van der Waals surface area contributed by atoms with Gasteiger partial charge in [-0.15, -0.1) is 11.8 Å². The number of phenolic OH excluding ortho intramolecular Hbond substituents is 1. The van der Waals surface area contributed by atoms with Gasteiger partial charge in [0.15, 0.2) is 28.5 Å². The van der Waals surface area contributed by atoms with Crippen molar-refractivity contribution in [2.45, 2.75) is 93.1 Å². The molecule has 1 spiro atoms. The maximum atomic E-state index is 15.0. The molecule has 4 aromatic rings. The SMILES string of the molecule is COc1c(C)cc2c(c1O)[C@@H]1C3[C@@H]4SC[C@]5(N[C@H](CO)Cc6c5oc5ccccc65)C(=O)OC[C@@H](c5c6c(c(C)c(OC(C)=O)c54)OCO6)N3[C@@H](C#N)[C@H]3C[C@@]2(C)N13. The van der Waals surface area contributed by atoms with E-state index >= 15 is 4.79 Å². The van der Waals surface area contributed by atoms with Crippen LogP contribution in [0, 0.1) is 25.2 Å². The quantitative estimate of drug-likeness (QED) is 0.190. The van der Waals surface area contributed by atoms with Crippen LogP contribution >= 0.6 is 11.8 Å². The topological polar surface area (TPSA) is 176 Å². The number of esters is 2. The number of hydrogen-bond donors (Lipinski definition) is 3. The van der Waals surface area contributed by atoms with Crippen LogP contribution in [-0.2, 0) is 31.8 Å². The van der Waals surface area contributed by atoms with Gasteiger partial charge in [0.2, 0.25) is 6.79 Å². The highest BCUT2D eigenvalue weighted by molar-refractivity contribution is 7.99. The van der Waals surface area contributed by atoms with Crippen LogP contribution in [0.4, 0.5) is 0 Å². The van der Waals surface area contributed by atoms with E-state index in [1.807, 2.05) is 38.1 Å². The minimum absolute atomic E-state index is 0.0575. The number of aliphatic hydroxyl groups excluding tert-OH is 1. The molecule has 14 nitrogen and oxygen atoms in total. The van der Waals surface area contributed by atoms with E-state index in [1.54, 1.807) is 7.11 Å². The number of furan rings is 1. The first kappa shape index (κ1) is 36.1. The minimum Gasteiger partial charge on any atom is -0.504 e. The molecule has 3 fully saturated rings. The molecule has 2 bridgehead atoms. The fraction of sp³-hybridized carbons (Fsp3) is 0.465. The molecule has 9 atom stereocenters. The molecule has 3 saturated heterocycles. The van der Waals surface area contributed by atoms with E-state index in [9.17, 15) is 20.3 Å². The lowest BCUT2D eigenvalue weighted by atomic mass is 9.70. The summed E-state index contributed by atoms with van der Waals surface area (Å²) in [6.07, 6.45) is 1.10. The summed E-state index contributed by atoms with van der Waals surface area (Å²) in [6, 6.07) is 9.24. The Labute approximate surface area is 337 Å². The van der Waals surface area contributed by atoms with E-state index in [4.69, 9.17) is 28.1 Å². The molecule has 0 amide bonds. The Balaban J connectivity index is 1.19. The molecule has 9 heterocycles. The minimum atomic E-state index is -1.53. The van der Waals surface area contributed by atoms with E-state index in [-0.39, 0.29) is 37.6 Å². The van der Waals surface area contributed by atoms with Crippen molar-refractivity contribution in [1.29, 1.82) is 5.26 Å². The van der Waals surface area contributed by atoms with Gasteiger partial charge in [-0.2, -0.15) is 5.26 Å². The number of piperazine rings is 1. The standard InChI is InChI=1S/C43H42N4O10S/c1-18-10-24-29(34(50)35(18)52-5)32-33-39-31-30(38-37(54-17-55-38)19(2)36(31)56-20(3)49)27(46(33)26(13-44)25-12-42(24,4)47(25)32)15-53-41(51)43(16-58-39)40-23(11-21(14-48)45-43)22-8-6-7-9-28(22)57-40/h6-10,21,25-27,32-33,39,45,48,50H,11-12,14-17H2,1-5H3/t21-,25+,26-,27-,32+,33?,39+,42+,43+/m0/s1. The fourth-order valence-corrected chi connectivity index (χ4v) is 13.4. The zero-order valence-electron chi connectivity index (χ0n) is 32.6. The van der Waals surface area contributed by atoms with Gasteiger partial charge in [-0.05, 0) is 56.9 Å². The Kier molecular flexibility index (Phi) is 7.65. The molecule has 3 aromatic carbocycles. The molecule has 3 N–H and O–H groups in total. The van der Waals surface area contributed by atoms with Crippen LogP contribution in [0.2, 0.25) is 0 Å². The van der Waals surface area contributed by atoms with E-state index in [0.29, 0.717) is 63.9 Å². The molecule has 300 valence electrons. The second kappa shape index (κ2) is 12.3. The van der Waals surface area contributed by atoms with Gasteiger partial charge in [-0.3, -0.25) is 19.9 Å². The molecule has 12 rings (SSSR count). The van der Waals surface area contributed by atoms with Gasteiger partial charge < -0.3 is 38.3 Å². The highest BCUT2D eigenvalue weighted by atomic mass is 32.2. The van der Waals surface area contributed by atoms with Crippen molar-refractivity contribution in [3.8, 4) is 34.8 Å². The normalized spacial score (nSPS) is 32.6. The number of fused-ring (bicyclic) bond motifs is 10. The summed E-state index contributed by atoms with van der Waals surface area (Å²) in [6.45, 7) is 6.79. The van der Waals surface area contributed by atoms with Crippen molar-refractivity contribution in [3.05, 3.63) is 75.0 Å². The van der Waals surface area contributed by atoms with E-state index in [1.165, 1.54) is 18.7 Å². The van der Waals surface area contributed by atoms with E-state index in [2.05, 4.69) is 34.2 Å². The predicted octanol–water partition coefficient (Wildman–Crippen LogP) is 4.83. The zero-order valence-corrected chi connectivity index (χ0v) is 33.4. The van der Waals surface area contributed by atoms with Crippen molar-refractivity contribution in [2.24, 2.45) is 0 Å². The van der Waals surface area contributed by atoms with Gasteiger partial charge >= 0.3 is 11.9 Å². The maximum absolute atomic E-state index is 15.0. The number of benzene rings is 3. The van der Waals surface area contributed by atoms with Gasteiger partial charge in [0.1, 0.15) is 29.7 Å². The Morgan fingerprint density at radius 3 is 2.69 bits per heavy atom. The number of aliphatic hydroxyl groups is 1. The first-order valence-electron chi connectivity index (χ1n) is 19.7. The Morgan fingerprint density at radius 2 is 1.93 bits per heavy atom. The number of para-hydroxylation sites is 1. The zero-order chi connectivity index (χ0) is 40.2. The number of carbonyl (C=O) groups excluding carboxylic acids is 2. The van der Waals surface area contributed by atoms with Crippen LogP contribution in [0.15, 0.2) is 34.7 Å². The fourth-order valence-electron chi connectivity index (χ4n) is 11.7. The van der Waals surface area contributed by atoms with Crippen LogP contribution in [0.5, 0.6) is 28.7 Å². The number of nitrogens with one attached hydrogen (secondary N) is 1. The third-order valence-corrected chi connectivity index (χ3v) is 15.4. The summed E-state index contributed by atoms with van der Waals surface area (Å²) >= 11 is 1.46. The Morgan fingerprint density at radius 1 is 1.14 bits per heavy atom. The van der Waals surface area contributed by atoms with Crippen molar-refractivity contribution in [2.75, 3.05) is 32.9 Å². The number of carbonyl (C=O) groups is 2. The van der Waals surface area contributed by atoms with Crippen LogP contribution < -0.4 is 24.3 Å². The molecule has 0 saturated carbocycles. The number of aromatic hydroxyl groups is 1. The summed E-state index contributed by atoms with van der Waals surface area (Å²) in [5, 5.41) is 37.9. The number of methoxy groups -OCH3 is 1. The summed E-state index contributed by atoms with van der Waals surface area (Å²) in [7, 11) is 1.55. The number of hydrogen-bond acceptors (Lipinski definition) is 15. The number of phenols is 1. The van der Waals surface area contributed by atoms with Gasteiger partial charge in [-0.1, -0.05) is 18.2 Å². The lowest BCUT2D eigenvalue weighted by molar-refractivity contribution is -0.188. The average molecular weight is 807 g/mol. The van der Waals surface area contributed by atoms with Crippen molar-refractivity contribution >= 4 is 34.7 Å². The summed E-state index contributed by atoms with van der Waals surface area (Å²) in [5.41, 5.74) is 3.87. The highest BCUT2D eigenvalue weighted by Crippen LogP contribution is 2.71. The molecule has 15 heteroatoms. The Hall–Kier alpha value is -4.98. The molecule has 1 aromatic heterocycles. The molecule has 1 unspecified atom stereocenters. The number of nitriles is 1. The number of ether oxygens (including phenoxy) is 5. The Bertz CT molecular complexity index is 2550. The third kappa shape index (κ3) is 4.36. The van der Waals surface area contributed by atoms with Crippen LogP contribution in [0.1, 0.15) is 82.3 Å². The highest BCUT2D eigenvalue weighted by Gasteiger charge is 2.71. The summed E-state index contributed by atoms with van der Waals surface area (Å²) in [5.74, 6) is 1.08. The third-order valence-electron chi connectivity index (χ3n) is 13.9. The molecular weight excluding hydrogens is 765 g/mol. The van der Waals surface area contributed by atoms with Crippen molar-refractivity contribution in [3.63, 3.8) is 0 Å². The lowest BCUT2D eigenvalue weighted by Crippen LogP contribution is -2.75. The number of rotatable bonds is 3. The van der Waals surface area contributed by atoms with E-state index in [0.717, 1.165) is 27.6 Å². The maximum Gasteiger partial charge on any atom is 0.335 e. The van der Waals surface area contributed by atoms with Gasteiger partial charge in [-0.25, -0.2) is 4.79 Å². The summed E-state index contributed by atoms with van der Waals surface area (Å²) < 4.78 is 37.4. The first-order chi connectivity index (χ1) is 28.0. The molecule has 8 aliphatic rings. The first-order valence-corrected chi connectivity index (χ1v) is 20.7. The lowest BCUT2D eigenvalue weighted by Gasteiger charge is -2.66. The van der Waals surface area contributed by atoms with Crippen LogP contribution in [0.3, 0.4) is 0 Å². The largest absolute Gasteiger partial charge is 0.504 e. The number of thioether (sulfide) groups is 1. The van der Waals surface area contributed by atoms with E-state index < -0.39 is 58.5 Å². The van der Waals surface area contributed by atoms with Crippen LogP contribution in [-0.4, -0.2) is 89.0 Å². The van der Waals surface area contributed by atoms with Gasteiger partial charge in [0, 0.05) is 69.5 Å². The van der Waals surface area contributed by atoms with Crippen molar-refractivity contribution in [1.82, 2.24) is 15.1 Å². The number of aryl methyl sites for hydroxylation is 1. The average Bonchev–Trinajstić information content (AvgIpc) is 3.90. The smallest absolute Gasteiger partial charge is 0.335 e. The second-order valence-electron chi connectivity index (χ2n) is 16.8. The van der Waals surface area contributed by atoms with Crippen molar-refractivity contribution < 1.29 is 47.9 Å².